The quantitative estimate of drug-likeness (QED) is 0.814. The van der Waals surface area contributed by atoms with Gasteiger partial charge in [0.25, 0.3) is 0 Å². The van der Waals surface area contributed by atoms with Crippen LogP contribution in [0.2, 0.25) is 0 Å². The average molecular weight is 267 g/mol. The molecule has 20 heavy (non-hydrogen) atoms. The van der Waals surface area contributed by atoms with Crippen LogP contribution in [0.15, 0.2) is 30.6 Å². The van der Waals surface area contributed by atoms with Gasteiger partial charge in [-0.25, -0.2) is 9.97 Å². The lowest BCUT2D eigenvalue weighted by molar-refractivity contribution is 1.04. The van der Waals surface area contributed by atoms with Gasteiger partial charge in [0.1, 0.15) is 18.0 Å². The van der Waals surface area contributed by atoms with Crippen LogP contribution in [0.4, 0.5) is 17.3 Å². The highest BCUT2D eigenvalue weighted by molar-refractivity contribution is 5.62. The fourth-order valence-electron chi connectivity index (χ4n) is 1.86. The van der Waals surface area contributed by atoms with Crippen LogP contribution in [-0.2, 0) is 0 Å². The smallest absolute Gasteiger partial charge is 0.135 e. The van der Waals surface area contributed by atoms with Gasteiger partial charge in [-0.15, -0.1) is 0 Å². The predicted octanol–water partition coefficient (Wildman–Crippen LogP) is 3.16. The Hall–Kier alpha value is -2.61. The van der Waals surface area contributed by atoms with E-state index in [1.807, 2.05) is 12.1 Å². The van der Waals surface area contributed by atoms with E-state index >= 15 is 0 Å². The molecule has 5 nitrogen and oxygen atoms in total. The van der Waals surface area contributed by atoms with Crippen molar-refractivity contribution < 1.29 is 0 Å². The summed E-state index contributed by atoms with van der Waals surface area (Å²) < 4.78 is 0. The maximum atomic E-state index is 8.51. The van der Waals surface area contributed by atoms with E-state index in [0.717, 1.165) is 11.5 Å². The molecule has 0 saturated heterocycles. The third kappa shape index (κ3) is 3.69. The number of benzene rings is 1. The lowest BCUT2D eigenvalue weighted by Crippen LogP contribution is -2.04. The molecular formula is C15H17N5. The molecule has 2 N–H and O–H groups in total. The summed E-state index contributed by atoms with van der Waals surface area (Å²) in [4.78, 5) is 8.32. The van der Waals surface area contributed by atoms with Gasteiger partial charge >= 0.3 is 0 Å². The molecule has 102 valence electrons. The molecular weight excluding hydrogens is 250 g/mol. The van der Waals surface area contributed by atoms with Crippen LogP contribution >= 0.6 is 0 Å². The minimum absolute atomic E-state index is 0.448. The first-order valence-corrected chi connectivity index (χ1v) is 6.46. The molecule has 0 atom stereocenters. The third-order valence-corrected chi connectivity index (χ3v) is 2.85. The Morgan fingerprint density at radius 1 is 1.15 bits per heavy atom. The van der Waals surface area contributed by atoms with Crippen LogP contribution in [0, 0.1) is 25.2 Å². The number of nitrogens with zero attached hydrogens (tertiary/aromatic N) is 3. The standard InChI is InChI=1S/C15H17N5/c1-11-4-5-13(12(2)8-11)20-15-9-14(18-10-19-15)17-7-3-6-16/h4-5,8-10H,3,7H2,1-2H3,(H2,17,18,19,20). The molecule has 0 aliphatic heterocycles. The Balaban J connectivity index is 2.09. The Bertz CT molecular complexity index is 630. The first-order chi connectivity index (χ1) is 9.69. The number of hydrogen-bond acceptors (Lipinski definition) is 5. The highest BCUT2D eigenvalue weighted by Crippen LogP contribution is 2.21. The maximum Gasteiger partial charge on any atom is 0.135 e. The number of anilines is 3. The summed E-state index contributed by atoms with van der Waals surface area (Å²) in [5.41, 5.74) is 3.43. The summed E-state index contributed by atoms with van der Waals surface area (Å²) >= 11 is 0. The van der Waals surface area contributed by atoms with Gasteiger partial charge in [-0.2, -0.15) is 5.26 Å². The monoisotopic (exact) mass is 267 g/mol. The molecule has 0 unspecified atom stereocenters. The number of rotatable bonds is 5. The average Bonchev–Trinajstić information content (AvgIpc) is 2.43. The normalized spacial score (nSPS) is 9.85. The molecule has 0 saturated carbocycles. The number of nitrogens with one attached hydrogen (secondary N) is 2. The molecule has 0 spiro atoms. The van der Waals surface area contributed by atoms with Crippen molar-refractivity contribution in [2.24, 2.45) is 0 Å². The highest BCUT2D eigenvalue weighted by atomic mass is 15.1. The molecule has 1 aromatic heterocycles. The first kappa shape index (κ1) is 13.8. The number of nitriles is 1. The van der Waals surface area contributed by atoms with Gasteiger partial charge in [-0.1, -0.05) is 17.7 Å². The molecule has 1 heterocycles. The maximum absolute atomic E-state index is 8.51. The minimum Gasteiger partial charge on any atom is -0.369 e. The van der Waals surface area contributed by atoms with Crippen molar-refractivity contribution in [3.63, 3.8) is 0 Å². The summed E-state index contributed by atoms with van der Waals surface area (Å²) in [6.45, 7) is 4.71. The van der Waals surface area contributed by atoms with E-state index in [2.05, 4.69) is 52.7 Å². The molecule has 0 radical (unpaired) electrons. The molecule has 2 rings (SSSR count). The van der Waals surface area contributed by atoms with Crippen LogP contribution in [0.3, 0.4) is 0 Å². The van der Waals surface area contributed by atoms with Crippen molar-refractivity contribution in [1.82, 2.24) is 9.97 Å². The van der Waals surface area contributed by atoms with Gasteiger partial charge in [0.15, 0.2) is 0 Å². The van der Waals surface area contributed by atoms with E-state index in [0.29, 0.717) is 18.8 Å². The molecule has 0 bridgehead atoms. The Morgan fingerprint density at radius 2 is 1.95 bits per heavy atom. The number of hydrogen-bond donors (Lipinski definition) is 2. The van der Waals surface area contributed by atoms with Gasteiger partial charge in [0, 0.05) is 18.3 Å². The van der Waals surface area contributed by atoms with Crippen LogP contribution < -0.4 is 10.6 Å². The van der Waals surface area contributed by atoms with Crippen LogP contribution in [-0.4, -0.2) is 16.5 Å². The van der Waals surface area contributed by atoms with Gasteiger partial charge in [0.05, 0.1) is 12.5 Å². The van der Waals surface area contributed by atoms with E-state index in [9.17, 15) is 0 Å². The van der Waals surface area contributed by atoms with Crippen molar-refractivity contribution in [1.29, 1.82) is 5.26 Å². The van der Waals surface area contributed by atoms with Gasteiger partial charge < -0.3 is 10.6 Å². The number of aryl methyl sites for hydroxylation is 2. The lowest BCUT2D eigenvalue weighted by atomic mass is 10.1. The summed E-state index contributed by atoms with van der Waals surface area (Å²) in [6.07, 6.45) is 1.95. The summed E-state index contributed by atoms with van der Waals surface area (Å²) in [6, 6.07) is 10.1. The SMILES string of the molecule is Cc1ccc(Nc2cc(NCCC#N)ncn2)c(C)c1. The van der Waals surface area contributed by atoms with Gasteiger partial charge in [-0.3, -0.25) is 0 Å². The van der Waals surface area contributed by atoms with Crippen molar-refractivity contribution >= 4 is 17.3 Å². The fourth-order valence-corrected chi connectivity index (χ4v) is 1.86. The Kier molecular flexibility index (Phi) is 4.51. The summed E-state index contributed by atoms with van der Waals surface area (Å²) in [5.74, 6) is 1.44. The van der Waals surface area contributed by atoms with Gasteiger partial charge in [0.2, 0.25) is 0 Å². The van der Waals surface area contributed by atoms with Crippen LogP contribution in [0.1, 0.15) is 17.5 Å². The second-order valence-electron chi connectivity index (χ2n) is 4.57. The van der Waals surface area contributed by atoms with E-state index in [1.54, 1.807) is 0 Å². The van der Waals surface area contributed by atoms with E-state index in [-0.39, 0.29) is 0 Å². The molecule has 2 aromatic rings. The van der Waals surface area contributed by atoms with E-state index < -0.39 is 0 Å². The van der Waals surface area contributed by atoms with Crippen LogP contribution in [0.25, 0.3) is 0 Å². The Labute approximate surface area is 118 Å². The Morgan fingerprint density at radius 3 is 2.70 bits per heavy atom. The second kappa shape index (κ2) is 6.53. The topological polar surface area (TPSA) is 73.6 Å². The van der Waals surface area contributed by atoms with Gasteiger partial charge in [-0.05, 0) is 25.5 Å². The lowest BCUT2D eigenvalue weighted by Gasteiger charge is -2.10. The van der Waals surface area contributed by atoms with E-state index in [4.69, 9.17) is 5.26 Å². The molecule has 0 amide bonds. The largest absolute Gasteiger partial charge is 0.369 e. The summed E-state index contributed by atoms with van der Waals surface area (Å²) in [7, 11) is 0. The van der Waals surface area contributed by atoms with Crippen LogP contribution in [0.5, 0.6) is 0 Å². The molecule has 1 aromatic carbocycles. The predicted molar refractivity (Wildman–Crippen MR) is 80.0 cm³/mol. The zero-order valence-corrected chi connectivity index (χ0v) is 11.6. The fraction of sp³-hybridized carbons (Fsp3) is 0.267. The molecule has 0 aliphatic carbocycles. The van der Waals surface area contributed by atoms with Crippen molar-refractivity contribution in [2.45, 2.75) is 20.3 Å². The van der Waals surface area contributed by atoms with E-state index in [1.165, 1.54) is 17.5 Å². The zero-order valence-electron chi connectivity index (χ0n) is 11.6. The molecule has 5 heteroatoms. The third-order valence-electron chi connectivity index (χ3n) is 2.85. The summed E-state index contributed by atoms with van der Waals surface area (Å²) in [5, 5.41) is 14.9. The van der Waals surface area contributed by atoms with Crippen molar-refractivity contribution in [2.75, 3.05) is 17.2 Å². The number of aromatic nitrogens is 2. The van der Waals surface area contributed by atoms with Crippen molar-refractivity contribution in [3.05, 3.63) is 41.7 Å². The molecule has 0 fully saturated rings. The first-order valence-electron chi connectivity index (χ1n) is 6.46. The zero-order chi connectivity index (χ0) is 14.4. The second-order valence-corrected chi connectivity index (χ2v) is 4.57. The minimum atomic E-state index is 0.448. The highest BCUT2D eigenvalue weighted by Gasteiger charge is 2.02. The van der Waals surface area contributed by atoms with Crippen molar-refractivity contribution in [3.8, 4) is 6.07 Å². The molecule has 0 aliphatic rings.